The molecule has 2 aliphatic heterocycles. The fraction of sp³-hybridized carbons (Fsp3) is 0.571. The van der Waals surface area contributed by atoms with Gasteiger partial charge in [0.1, 0.15) is 5.75 Å². The Kier molecular flexibility index (Phi) is 6.30. The molecule has 158 valence electrons. The minimum absolute atomic E-state index is 0.0228. The molecule has 1 aromatic rings. The van der Waals surface area contributed by atoms with Crippen molar-refractivity contribution in [3.05, 3.63) is 29.8 Å². The van der Waals surface area contributed by atoms with Gasteiger partial charge in [-0.2, -0.15) is 0 Å². The highest BCUT2D eigenvalue weighted by atomic mass is 16.5. The van der Waals surface area contributed by atoms with E-state index in [1.807, 2.05) is 36.1 Å². The molecule has 8 heteroatoms. The standard InChI is InChI=1S/C21H30N4O4/c1-4-23-13-21(11-19(23)27)14-24(16(2)26)8-9-25(15-21)20(28)22-12-17-6-5-7-18(10-17)29-3/h5-7,10H,4,8-9,11-15H2,1-3H3,(H,22,28). The topological polar surface area (TPSA) is 82.2 Å². The van der Waals surface area contributed by atoms with E-state index in [0.29, 0.717) is 52.2 Å². The molecule has 1 atom stereocenters. The summed E-state index contributed by atoms with van der Waals surface area (Å²) >= 11 is 0. The van der Waals surface area contributed by atoms with E-state index in [4.69, 9.17) is 4.74 Å². The van der Waals surface area contributed by atoms with Gasteiger partial charge < -0.3 is 24.8 Å². The Bertz CT molecular complexity index is 784. The molecular formula is C21H30N4O4. The number of carbonyl (C=O) groups excluding carboxylic acids is 3. The van der Waals surface area contributed by atoms with Crippen LogP contribution in [0.25, 0.3) is 0 Å². The first-order valence-electron chi connectivity index (χ1n) is 10.0. The Morgan fingerprint density at radius 1 is 1.17 bits per heavy atom. The second-order valence-corrected chi connectivity index (χ2v) is 7.96. The zero-order chi connectivity index (χ0) is 21.0. The second kappa shape index (κ2) is 8.71. The van der Waals surface area contributed by atoms with E-state index in [9.17, 15) is 14.4 Å². The van der Waals surface area contributed by atoms with Gasteiger partial charge in [0.25, 0.3) is 0 Å². The van der Waals surface area contributed by atoms with Crippen LogP contribution in [0.1, 0.15) is 25.8 Å². The van der Waals surface area contributed by atoms with Crippen molar-refractivity contribution >= 4 is 17.8 Å². The average Bonchev–Trinajstić information content (AvgIpc) is 2.90. The summed E-state index contributed by atoms with van der Waals surface area (Å²) < 4.78 is 5.23. The molecule has 3 rings (SSSR count). The summed E-state index contributed by atoms with van der Waals surface area (Å²) in [5, 5.41) is 2.96. The van der Waals surface area contributed by atoms with Crippen molar-refractivity contribution in [2.24, 2.45) is 5.41 Å². The lowest BCUT2D eigenvalue weighted by atomic mass is 9.86. The maximum absolute atomic E-state index is 12.9. The highest BCUT2D eigenvalue weighted by Crippen LogP contribution is 2.35. The van der Waals surface area contributed by atoms with Crippen LogP contribution in [0, 0.1) is 5.41 Å². The summed E-state index contributed by atoms with van der Waals surface area (Å²) in [5.41, 5.74) is 0.531. The Balaban J connectivity index is 1.71. The molecule has 2 fully saturated rings. The van der Waals surface area contributed by atoms with E-state index in [0.717, 1.165) is 11.3 Å². The number of ether oxygens (including phenoxy) is 1. The Morgan fingerprint density at radius 3 is 2.55 bits per heavy atom. The van der Waals surface area contributed by atoms with E-state index < -0.39 is 5.41 Å². The summed E-state index contributed by atoms with van der Waals surface area (Å²) in [6, 6.07) is 7.38. The largest absolute Gasteiger partial charge is 0.497 e. The van der Waals surface area contributed by atoms with Crippen LogP contribution in [0.3, 0.4) is 0 Å². The number of carbonyl (C=O) groups is 3. The molecule has 1 unspecified atom stereocenters. The molecule has 0 saturated carbocycles. The van der Waals surface area contributed by atoms with Gasteiger partial charge >= 0.3 is 6.03 Å². The molecule has 0 bridgehead atoms. The molecule has 1 N–H and O–H groups in total. The smallest absolute Gasteiger partial charge is 0.317 e. The van der Waals surface area contributed by atoms with E-state index in [1.54, 1.807) is 23.8 Å². The molecule has 1 aromatic carbocycles. The zero-order valence-corrected chi connectivity index (χ0v) is 17.4. The number of benzene rings is 1. The summed E-state index contributed by atoms with van der Waals surface area (Å²) in [7, 11) is 1.61. The van der Waals surface area contributed by atoms with Crippen LogP contribution >= 0.6 is 0 Å². The normalized spacial score (nSPS) is 22.0. The van der Waals surface area contributed by atoms with Crippen molar-refractivity contribution in [3.8, 4) is 5.75 Å². The predicted octanol–water partition coefficient (Wildman–Crippen LogP) is 1.31. The monoisotopic (exact) mass is 402 g/mol. The second-order valence-electron chi connectivity index (χ2n) is 7.96. The minimum Gasteiger partial charge on any atom is -0.497 e. The lowest BCUT2D eigenvalue weighted by molar-refractivity contribution is -0.130. The first kappa shape index (κ1) is 21.0. The maximum Gasteiger partial charge on any atom is 0.317 e. The molecule has 2 saturated heterocycles. The maximum atomic E-state index is 12.9. The van der Waals surface area contributed by atoms with Crippen LogP contribution < -0.4 is 10.1 Å². The Hall–Kier alpha value is -2.77. The van der Waals surface area contributed by atoms with Crippen LogP contribution in [0.2, 0.25) is 0 Å². The fourth-order valence-corrected chi connectivity index (χ4v) is 4.25. The third-order valence-corrected chi connectivity index (χ3v) is 5.79. The number of hydrogen-bond acceptors (Lipinski definition) is 4. The number of nitrogens with one attached hydrogen (secondary N) is 1. The third kappa shape index (κ3) is 4.81. The molecule has 0 radical (unpaired) electrons. The molecule has 2 heterocycles. The minimum atomic E-state index is -0.414. The number of amides is 4. The van der Waals surface area contributed by atoms with Crippen molar-refractivity contribution in [2.75, 3.05) is 46.4 Å². The van der Waals surface area contributed by atoms with Crippen LogP contribution in [0.5, 0.6) is 5.75 Å². The van der Waals surface area contributed by atoms with Crippen LogP contribution in [0.15, 0.2) is 24.3 Å². The lowest BCUT2D eigenvalue weighted by Crippen LogP contribution is -2.47. The van der Waals surface area contributed by atoms with Crippen molar-refractivity contribution in [1.82, 2.24) is 20.0 Å². The quantitative estimate of drug-likeness (QED) is 0.823. The van der Waals surface area contributed by atoms with Crippen molar-refractivity contribution < 1.29 is 19.1 Å². The van der Waals surface area contributed by atoms with Crippen LogP contribution in [-0.4, -0.2) is 78.9 Å². The summed E-state index contributed by atoms with van der Waals surface area (Å²) in [6.45, 7) is 6.99. The fourth-order valence-electron chi connectivity index (χ4n) is 4.25. The number of hydrogen-bond donors (Lipinski definition) is 1. The lowest BCUT2D eigenvalue weighted by Gasteiger charge is -2.33. The Morgan fingerprint density at radius 2 is 1.90 bits per heavy atom. The van der Waals surface area contributed by atoms with Gasteiger partial charge in [-0.05, 0) is 24.6 Å². The first-order valence-corrected chi connectivity index (χ1v) is 10.0. The molecule has 4 amide bonds. The van der Waals surface area contributed by atoms with Gasteiger partial charge in [0.05, 0.1) is 7.11 Å². The van der Waals surface area contributed by atoms with Gasteiger partial charge in [-0.15, -0.1) is 0 Å². The SMILES string of the molecule is CCN1CC2(CC1=O)CN(C(C)=O)CCN(C(=O)NCc1cccc(OC)c1)C2. The number of urea groups is 1. The number of methoxy groups -OCH3 is 1. The van der Waals surface area contributed by atoms with E-state index in [-0.39, 0.29) is 17.8 Å². The van der Waals surface area contributed by atoms with Gasteiger partial charge in [0, 0.05) is 64.6 Å². The predicted molar refractivity (Wildman–Crippen MR) is 108 cm³/mol. The number of nitrogens with zero attached hydrogens (tertiary/aromatic N) is 3. The average molecular weight is 402 g/mol. The highest BCUT2D eigenvalue weighted by molar-refractivity contribution is 5.81. The molecule has 2 aliphatic rings. The number of rotatable bonds is 4. The molecule has 0 aromatic heterocycles. The zero-order valence-electron chi connectivity index (χ0n) is 17.4. The van der Waals surface area contributed by atoms with Crippen LogP contribution in [0.4, 0.5) is 4.79 Å². The van der Waals surface area contributed by atoms with Crippen molar-refractivity contribution in [1.29, 1.82) is 0 Å². The van der Waals surface area contributed by atoms with E-state index in [1.165, 1.54) is 0 Å². The molecule has 29 heavy (non-hydrogen) atoms. The van der Waals surface area contributed by atoms with Crippen molar-refractivity contribution in [3.63, 3.8) is 0 Å². The highest BCUT2D eigenvalue weighted by Gasteiger charge is 2.47. The first-order chi connectivity index (χ1) is 13.9. The Labute approximate surface area is 171 Å². The molecular weight excluding hydrogens is 372 g/mol. The van der Waals surface area contributed by atoms with Gasteiger partial charge in [0.15, 0.2) is 0 Å². The van der Waals surface area contributed by atoms with E-state index >= 15 is 0 Å². The summed E-state index contributed by atoms with van der Waals surface area (Å²) in [5.74, 6) is 0.812. The van der Waals surface area contributed by atoms with Gasteiger partial charge in [0.2, 0.25) is 11.8 Å². The molecule has 0 aliphatic carbocycles. The third-order valence-electron chi connectivity index (χ3n) is 5.79. The molecule has 8 nitrogen and oxygen atoms in total. The number of likely N-dealkylation sites (tertiary alicyclic amines) is 1. The van der Waals surface area contributed by atoms with E-state index in [2.05, 4.69) is 5.32 Å². The van der Waals surface area contributed by atoms with Crippen molar-refractivity contribution in [2.45, 2.75) is 26.8 Å². The van der Waals surface area contributed by atoms with Crippen LogP contribution in [-0.2, 0) is 16.1 Å². The van der Waals surface area contributed by atoms with Gasteiger partial charge in [-0.25, -0.2) is 4.79 Å². The summed E-state index contributed by atoms with van der Waals surface area (Å²) in [4.78, 5) is 42.7. The molecule has 1 spiro atoms. The van der Waals surface area contributed by atoms with Gasteiger partial charge in [-0.1, -0.05) is 12.1 Å². The van der Waals surface area contributed by atoms with Gasteiger partial charge in [-0.3, -0.25) is 9.59 Å². The summed E-state index contributed by atoms with van der Waals surface area (Å²) in [6.07, 6.45) is 0.365.